The highest BCUT2D eigenvalue weighted by molar-refractivity contribution is 8.00. The normalized spacial score (nSPS) is 18.0. The van der Waals surface area contributed by atoms with Gasteiger partial charge in [0.15, 0.2) is 5.16 Å². The Bertz CT molecular complexity index is 780. The van der Waals surface area contributed by atoms with Gasteiger partial charge in [0.25, 0.3) is 0 Å². The number of thioether (sulfide) groups is 1. The Morgan fingerprint density at radius 1 is 1.35 bits per heavy atom. The van der Waals surface area contributed by atoms with Gasteiger partial charge in [-0.1, -0.05) is 11.8 Å². The van der Waals surface area contributed by atoms with Crippen LogP contribution in [-0.2, 0) is 11.8 Å². The molecule has 8 heteroatoms. The zero-order chi connectivity index (χ0) is 18.7. The monoisotopic (exact) mass is 376 g/mol. The van der Waals surface area contributed by atoms with E-state index in [0.717, 1.165) is 41.6 Å². The van der Waals surface area contributed by atoms with E-state index in [-0.39, 0.29) is 17.2 Å². The Morgan fingerprint density at radius 2 is 2.15 bits per heavy atom. The molecule has 26 heavy (non-hydrogen) atoms. The van der Waals surface area contributed by atoms with Crippen LogP contribution in [0, 0.1) is 0 Å². The molecule has 0 aliphatic carbocycles. The summed E-state index contributed by atoms with van der Waals surface area (Å²) in [4.78, 5) is 15.0. The summed E-state index contributed by atoms with van der Waals surface area (Å²) < 4.78 is 12.6. The van der Waals surface area contributed by atoms with E-state index >= 15 is 0 Å². The van der Waals surface area contributed by atoms with Crippen molar-refractivity contribution in [3.05, 3.63) is 30.1 Å². The first-order valence-corrected chi connectivity index (χ1v) is 9.46. The second-order valence-corrected chi connectivity index (χ2v) is 7.59. The highest BCUT2D eigenvalue weighted by Crippen LogP contribution is 2.39. The molecule has 1 aliphatic rings. The van der Waals surface area contributed by atoms with E-state index in [0.29, 0.717) is 0 Å². The number of rotatable bonds is 6. The van der Waals surface area contributed by atoms with Crippen LogP contribution in [-0.4, -0.2) is 51.6 Å². The molecule has 2 aromatic rings. The minimum atomic E-state index is -0.234. The lowest BCUT2D eigenvalue weighted by molar-refractivity contribution is -0.131. The van der Waals surface area contributed by atoms with Gasteiger partial charge in [0.2, 0.25) is 5.91 Å². The second kappa shape index (κ2) is 7.99. The van der Waals surface area contributed by atoms with Crippen LogP contribution >= 0.6 is 11.8 Å². The number of likely N-dealkylation sites (tertiary alicyclic amines) is 1. The summed E-state index contributed by atoms with van der Waals surface area (Å²) in [5, 5.41) is 8.44. The number of ether oxygens (including phenoxy) is 2. The van der Waals surface area contributed by atoms with Crippen LogP contribution in [0.3, 0.4) is 0 Å². The molecule has 140 valence electrons. The van der Waals surface area contributed by atoms with Crippen molar-refractivity contribution in [1.29, 1.82) is 0 Å². The number of amides is 1. The lowest BCUT2D eigenvalue weighted by Gasteiger charge is -2.28. The lowest BCUT2D eigenvalue weighted by Crippen LogP contribution is -2.36. The molecule has 1 aromatic carbocycles. The molecule has 1 fully saturated rings. The van der Waals surface area contributed by atoms with Gasteiger partial charge >= 0.3 is 0 Å². The van der Waals surface area contributed by atoms with Crippen molar-refractivity contribution in [1.82, 2.24) is 19.7 Å². The third-order valence-corrected chi connectivity index (χ3v) is 5.77. The Hall–Kier alpha value is -2.22. The van der Waals surface area contributed by atoms with Crippen LogP contribution in [0.1, 0.15) is 31.4 Å². The molecule has 2 atom stereocenters. The first kappa shape index (κ1) is 18.6. The minimum Gasteiger partial charge on any atom is -0.497 e. The first-order valence-electron chi connectivity index (χ1n) is 8.58. The summed E-state index contributed by atoms with van der Waals surface area (Å²) in [6.07, 6.45) is 3.54. The zero-order valence-corrected chi connectivity index (χ0v) is 16.3. The van der Waals surface area contributed by atoms with Gasteiger partial charge < -0.3 is 18.9 Å². The fraction of sp³-hybridized carbons (Fsp3) is 0.500. The highest BCUT2D eigenvalue weighted by Gasteiger charge is 2.34. The smallest absolute Gasteiger partial charge is 0.236 e. The molecule has 0 radical (unpaired) electrons. The number of nitrogens with zero attached hydrogens (tertiary/aromatic N) is 4. The molecule has 1 amide bonds. The Morgan fingerprint density at radius 3 is 2.81 bits per heavy atom. The van der Waals surface area contributed by atoms with Crippen molar-refractivity contribution in [2.24, 2.45) is 7.05 Å². The predicted molar refractivity (Wildman–Crippen MR) is 99.6 cm³/mol. The van der Waals surface area contributed by atoms with Gasteiger partial charge in [-0.25, -0.2) is 0 Å². The van der Waals surface area contributed by atoms with Crippen LogP contribution in [0.15, 0.2) is 29.7 Å². The fourth-order valence-corrected chi connectivity index (χ4v) is 4.13. The summed E-state index contributed by atoms with van der Waals surface area (Å²) in [7, 11) is 5.15. The SMILES string of the molecule is COc1ccc([C@@H]2CCCN2C(=O)[C@@H](C)Sc2nncn2C)c(OC)c1. The van der Waals surface area contributed by atoms with Crippen LogP contribution in [0.25, 0.3) is 0 Å². The molecule has 1 saturated heterocycles. The first-order chi connectivity index (χ1) is 12.5. The average Bonchev–Trinajstić information content (AvgIpc) is 3.29. The largest absolute Gasteiger partial charge is 0.497 e. The van der Waals surface area contributed by atoms with Crippen LogP contribution in [0.2, 0.25) is 0 Å². The third kappa shape index (κ3) is 3.65. The predicted octanol–water partition coefficient (Wildman–Crippen LogP) is 2.68. The van der Waals surface area contributed by atoms with E-state index < -0.39 is 0 Å². The average molecular weight is 376 g/mol. The Kier molecular flexibility index (Phi) is 5.70. The summed E-state index contributed by atoms with van der Waals surface area (Å²) in [6.45, 7) is 2.67. The summed E-state index contributed by atoms with van der Waals surface area (Å²) >= 11 is 1.43. The van der Waals surface area contributed by atoms with E-state index in [2.05, 4.69) is 10.2 Å². The molecule has 0 spiro atoms. The quantitative estimate of drug-likeness (QED) is 0.722. The topological polar surface area (TPSA) is 69.5 Å². The molecule has 1 aromatic heterocycles. The van der Waals surface area contributed by atoms with Crippen molar-refractivity contribution < 1.29 is 14.3 Å². The second-order valence-electron chi connectivity index (χ2n) is 6.28. The van der Waals surface area contributed by atoms with Crippen molar-refractivity contribution >= 4 is 17.7 Å². The van der Waals surface area contributed by atoms with Crippen molar-refractivity contribution in [3.63, 3.8) is 0 Å². The molecular formula is C18H24N4O3S. The maximum atomic E-state index is 13.1. The van der Waals surface area contributed by atoms with Gasteiger partial charge in [0.05, 0.1) is 25.5 Å². The van der Waals surface area contributed by atoms with E-state index in [1.54, 1.807) is 20.5 Å². The summed E-state index contributed by atoms with van der Waals surface area (Å²) in [6, 6.07) is 5.80. The molecule has 2 heterocycles. The van der Waals surface area contributed by atoms with Gasteiger partial charge in [-0.15, -0.1) is 10.2 Å². The standard InChI is InChI=1S/C18H24N4O3S/c1-12(26-18-20-19-11-21(18)2)17(23)22-9-5-6-15(22)14-8-7-13(24-3)10-16(14)25-4/h7-8,10-12,15H,5-6,9H2,1-4H3/t12-,15+/m1/s1. The molecule has 0 bridgehead atoms. The number of carbonyl (C=O) groups is 1. The number of hydrogen-bond acceptors (Lipinski definition) is 6. The molecule has 3 rings (SSSR count). The number of aromatic nitrogens is 3. The molecule has 0 N–H and O–H groups in total. The van der Waals surface area contributed by atoms with Crippen LogP contribution in [0.5, 0.6) is 11.5 Å². The highest BCUT2D eigenvalue weighted by atomic mass is 32.2. The fourth-order valence-electron chi connectivity index (χ4n) is 3.27. The Labute approximate surface area is 157 Å². The van der Waals surface area contributed by atoms with Crippen LogP contribution < -0.4 is 9.47 Å². The number of carbonyl (C=O) groups excluding carboxylic acids is 1. The van der Waals surface area contributed by atoms with Gasteiger partial charge in [-0.05, 0) is 31.9 Å². The lowest BCUT2D eigenvalue weighted by atomic mass is 10.0. The maximum Gasteiger partial charge on any atom is 0.236 e. The number of benzene rings is 1. The summed E-state index contributed by atoms with van der Waals surface area (Å²) in [5.41, 5.74) is 1.02. The number of methoxy groups -OCH3 is 2. The number of hydrogen-bond donors (Lipinski definition) is 0. The molecular weight excluding hydrogens is 352 g/mol. The molecule has 1 aliphatic heterocycles. The van der Waals surface area contributed by atoms with E-state index in [1.165, 1.54) is 11.8 Å². The molecule has 7 nitrogen and oxygen atoms in total. The van der Waals surface area contributed by atoms with Gasteiger partial charge in [0, 0.05) is 25.2 Å². The van der Waals surface area contributed by atoms with Crippen molar-refractivity contribution in [3.8, 4) is 11.5 Å². The van der Waals surface area contributed by atoms with Gasteiger partial charge in [0.1, 0.15) is 17.8 Å². The van der Waals surface area contributed by atoms with E-state index in [1.807, 2.05) is 41.6 Å². The van der Waals surface area contributed by atoms with Crippen molar-refractivity contribution in [2.75, 3.05) is 20.8 Å². The third-order valence-electron chi connectivity index (χ3n) is 4.64. The zero-order valence-electron chi connectivity index (χ0n) is 15.5. The van der Waals surface area contributed by atoms with Crippen LogP contribution in [0.4, 0.5) is 0 Å². The minimum absolute atomic E-state index is 0.0194. The number of aryl methyl sites for hydroxylation is 1. The van der Waals surface area contributed by atoms with E-state index in [9.17, 15) is 4.79 Å². The van der Waals surface area contributed by atoms with Gasteiger partial charge in [-0.2, -0.15) is 0 Å². The summed E-state index contributed by atoms with van der Waals surface area (Å²) in [5.74, 6) is 1.61. The Balaban J connectivity index is 1.79. The molecule has 0 saturated carbocycles. The van der Waals surface area contributed by atoms with E-state index in [4.69, 9.17) is 9.47 Å². The molecule has 0 unspecified atom stereocenters. The van der Waals surface area contributed by atoms with Gasteiger partial charge in [-0.3, -0.25) is 4.79 Å². The maximum absolute atomic E-state index is 13.1. The van der Waals surface area contributed by atoms with Crippen molar-refractivity contribution in [2.45, 2.75) is 36.2 Å².